The number of carbonyl (C=O) groups excluding carboxylic acids is 1. The van der Waals surface area contributed by atoms with Crippen molar-refractivity contribution < 1.29 is 19.4 Å². The van der Waals surface area contributed by atoms with Crippen LogP contribution in [0.3, 0.4) is 0 Å². The summed E-state index contributed by atoms with van der Waals surface area (Å²) >= 11 is 5.95. The summed E-state index contributed by atoms with van der Waals surface area (Å²) in [6.45, 7) is 0.172. The lowest BCUT2D eigenvalue weighted by atomic mass is 10.1. The Bertz CT molecular complexity index is 794. The van der Waals surface area contributed by atoms with Gasteiger partial charge in [-0.3, -0.25) is 0 Å². The number of amides is 1. The molecule has 0 heterocycles. The van der Waals surface area contributed by atoms with E-state index in [1.807, 2.05) is 30.3 Å². The highest BCUT2D eigenvalue weighted by Gasteiger charge is 2.10. The van der Waals surface area contributed by atoms with E-state index in [0.717, 1.165) is 5.56 Å². The predicted octanol–water partition coefficient (Wildman–Crippen LogP) is 3.32. The average molecular weight is 344 g/mol. The number of hydrogen-bond acceptors (Lipinski definition) is 3. The van der Waals surface area contributed by atoms with E-state index >= 15 is 0 Å². The van der Waals surface area contributed by atoms with Gasteiger partial charge in [-0.15, -0.1) is 0 Å². The van der Waals surface area contributed by atoms with Gasteiger partial charge in [-0.1, -0.05) is 59.8 Å². The zero-order valence-corrected chi connectivity index (χ0v) is 13.3. The molecule has 2 aromatic rings. The maximum absolute atomic E-state index is 11.5. The normalized spacial score (nSPS) is 9.54. The van der Waals surface area contributed by atoms with Gasteiger partial charge in [0.05, 0.1) is 22.7 Å². The second-order valence-corrected chi connectivity index (χ2v) is 5.09. The van der Waals surface area contributed by atoms with E-state index in [2.05, 4.69) is 17.2 Å². The van der Waals surface area contributed by atoms with Gasteiger partial charge < -0.3 is 15.2 Å². The standard InChI is InChI=1S/C18H14ClNO4/c19-16-10-4-8-15(17(21)22)14(16)9-5-11-20-18(23)24-12-13-6-2-1-3-7-13/h1-4,6-8,10H,11-12H2,(H,20,23)(H,21,22). The molecule has 0 bridgehead atoms. The third-order valence-electron chi connectivity index (χ3n) is 2.99. The van der Waals surface area contributed by atoms with Gasteiger partial charge in [0.25, 0.3) is 0 Å². The first-order chi connectivity index (χ1) is 11.6. The number of rotatable bonds is 4. The molecule has 0 fully saturated rings. The van der Waals surface area contributed by atoms with Crippen molar-refractivity contribution in [3.63, 3.8) is 0 Å². The van der Waals surface area contributed by atoms with Crippen molar-refractivity contribution in [2.75, 3.05) is 6.54 Å². The number of benzene rings is 2. The third-order valence-corrected chi connectivity index (χ3v) is 3.31. The minimum Gasteiger partial charge on any atom is -0.478 e. The van der Waals surface area contributed by atoms with Gasteiger partial charge >= 0.3 is 12.1 Å². The molecule has 0 spiro atoms. The summed E-state index contributed by atoms with van der Waals surface area (Å²) in [6.07, 6.45) is -0.606. The first-order valence-electron chi connectivity index (χ1n) is 7.03. The minimum atomic E-state index is -1.11. The predicted molar refractivity (Wildman–Crippen MR) is 89.9 cm³/mol. The number of hydrogen-bond donors (Lipinski definition) is 2. The summed E-state index contributed by atoms with van der Waals surface area (Å²) < 4.78 is 5.03. The third kappa shape index (κ3) is 5.04. The Hall–Kier alpha value is -2.97. The van der Waals surface area contributed by atoms with Crippen LogP contribution in [0.15, 0.2) is 48.5 Å². The number of carboxylic acids is 1. The number of halogens is 1. The summed E-state index contributed by atoms with van der Waals surface area (Å²) in [7, 11) is 0. The maximum atomic E-state index is 11.5. The molecule has 0 unspecified atom stereocenters. The molecule has 2 aromatic carbocycles. The van der Waals surface area contributed by atoms with Crippen LogP contribution in [0.2, 0.25) is 5.02 Å². The summed E-state index contributed by atoms with van der Waals surface area (Å²) in [6, 6.07) is 13.8. The molecule has 122 valence electrons. The Morgan fingerprint density at radius 3 is 2.58 bits per heavy atom. The Balaban J connectivity index is 1.88. The van der Waals surface area contributed by atoms with Crippen LogP contribution in [0.5, 0.6) is 0 Å². The molecule has 2 N–H and O–H groups in total. The lowest BCUT2D eigenvalue weighted by molar-refractivity contribution is 0.0696. The molecule has 1 amide bonds. The lowest BCUT2D eigenvalue weighted by Gasteiger charge is -2.04. The van der Waals surface area contributed by atoms with Crippen molar-refractivity contribution in [2.24, 2.45) is 0 Å². The Labute approximate surface area is 144 Å². The van der Waals surface area contributed by atoms with Crippen LogP contribution in [0.4, 0.5) is 4.79 Å². The van der Waals surface area contributed by atoms with Crippen LogP contribution in [0.25, 0.3) is 0 Å². The van der Waals surface area contributed by atoms with Crippen molar-refractivity contribution >= 4 is 23.7 Å². The number of carboxylic acid groups (broad SMARTS) is 1. The zero-order valence-electron chi connectivity index (χ0n) is 12.6. The highest BCUT2D eigenvalue weighted by Crippen LogP contribution is 2.18. The van der Waals surface area contributed by atoms with E-state index in [4.69, 9.17) is 21.4 Å². The SMILES string of the molecule is O=C(NCC#Cc1c(Cl)cccc1C(=O)O)OCc1ccccc1. The second-order valence-electron chi connectivity index (χ2n) is 4.68. The lowest BCUT2D eigenvalue weighted by Crippen LogP contribution is -2.24. The van der Waals surface area contributed by atoms with Gasteiger partial charge in [0.15, 0.2) is 0 Å². The van der Waals surface area contributed by atoms with Gasteiger partial charge in [0.2, 0.25) is 0 Å². The molecule has 0 saturated heterocycles. The molecule has 0 aliphatic heterocycles. The van der Waals surface area contributed by atoms with Crippen LogP contribution in [-0.4, -0.2) is 23.7 Å². The van der Waals surface area contributed by atoms with Crippen molar-refractivity contribution in [1.29, 1.82) is 0 Å². The number of ether oxygens (including phenoxy) is 1. The molecule has 0 atom stereocenters. The van der Waals surface area contributed by atoms with Gasteiger partial charge in [-0.25, -0.2) is 9.59 Å². The van der Waals surface area contributed by atoms with Crippen LogP contribution >= 0.6 is 11.6 Å². The summed E-state index contributed by atoms with van der Waals surface area (Å²) in [4.78, 5) is 22.7. The molecule has 2 rings (SSSR count). The van der Waals surface area contributed by atoms with Crippen LogP contribution in [-0.2, 0) is 11.3 Å². The minimum absolute atomic E-state index is 0.0118. The molecule has 0 aromatic heterocycles. The topological polar surface area (TPSA) is 75.6 Å². The van der Waals surface area contributed by atoms with Gasteiger partial charge in [0, 0.05) is 0 Å². The molecule has 24 heavy (non-hydrogen) atoms. The largest absolute Gasteiger partial charge is 0.478 e. The Morgan fingerprint density at radius 2 is 1.88 bits per heavy atom. The molecule has 0 radical (unpaired) electrons. The fraction of sp³-hybridized carbons (Fsp3) is 0.111. The quantitative estimate of drug-likeness (QED) is 0.835. The summed E-state index contributed by atoms with van der Waals surface area (Å²) in [5.74, 6) is 4.20. The highest BCUT2D eigenvalue weighted by atomic mass is 35.5. The van der Waals surface area contributed by atoms with E-state index in [1.54, 1.807) is 6.07 Å². The van der Waals surface area contributed by atoms with E-state index < -0.39 is 12.1 Å². The molecule has 0 aliphatic rings. The van der Waals surface area contributed by atoms with Gasteiger partial charge in [-0.05, 0) is 17.7 Å². The monoisotopic (exact) mass is 343 g/mol. The fourth-order valence-electron chi connectivity index (χ4n) is 1.85. The van der Waals surface area contributed by atoms with E-state index in [9.17, 15) is 9.59 Å². The van der Waals surface area contributed by atoms with Crippen molar-refractivity contribution in [2.45, 2.75) is 6.61 Å². The van der Waals surface area contributed by atoms with Crippen LogP contribution in [0, 0.1) is 11.8 Å². The maximum Gasteiger partial charge on any atom is 0.408 e. The molecule has 5 nitrogen and oxygen atoms in total. The van der Waals surface area contributed by atoms with Crippen LogP contribution in [0.1, 0.15) is 21.5 Å². The van der Waals surface area contributed by atoms with Crippen molar-refractivity contribution in [1.82, 2.24) is 5.32 Å². The Kier molecular flexibility index (Phi) is 6.23. The average Bonchev–Trinajstić information content (AvgIpc) is 2.58. The van der Waals surface area contributed by atoms with Crippen molar-refractivity contribution in [3.05, 3.63) is 70.2 Å². The first kappa shape index (κ1) is 17.4. The number of alkyl carbamates (subject to hydrolysis) is 1. The molecule has 0 aliphatic carbocycles. The van der Waals surface area contributed by atoms with E-state index in [0.29, 0.717) is 0 Å². The van der Waals surface area contributed by atoms with Gasteiger partial charge in [-0.2, -0.15) is 0 Å². The number of carbonyl (C=O) groups is 2. The molecular weight excluding hydrogens is 330 g/mol. The first-order valence-corrected chi connectivity index (χ1v) is 7.41. The van der Waals surface area contributed by atoms with Crippen molar-refractivity contribution in [3.8, 4) is 11.8 Å². The molecule has 0 saturated carbocycles. The highest BCUT2D eigenvalue weighted by molar-refractivity contribution is 6.32. The number of nitrogens with one attached hydrogen (secondary N) is 1. The summed E-state index contributed by atoms with van der Waals surface area (Å²) in [5, 5.41) is 11.8. The van der Waals surface area contributed by atoms with E-state index in [1.165, 1.54) is 12.1 Å². The van der Waals surface area contributed by atoms with Gasteiger partial charge in [0.1, 0.15) is 6.61 Å². The molecule has 6 heteroatoms. The smallest absolute Gasteiger partial charge is 0.408 e. The Morgan fingerprint density at radius 1 is 1.12 bits per heavy atom. The van der Waals surface area contributed by atoms with E-state index in [-0.39, 0.29) is 29.3 Å². The number of aromatic carboxylic acids is 1. The van der Waals surface area contributed by atoms with Crippen LogP contribution < -0.4 is 5.32 Å². The summed E-state index contributed by atoms with van der Waals surface area (Å²) in [5.41, 5.74) is 1.11. The fourth-order valence-corrected chi connectivity index (χ4v) is 2.07. The second kappa shape index (κ2) is 8.61. The molecular formula is C18H14ClNO4. The zero-order chi connectivity index (χ0) is 17.4.